The number of thiazole rings is 1. The van der Waals surface area contributed by atoms with E-state index in [9.17, 15) is 0 Å². The summed E-state index contributed by atoms with van der Waals surface area (Å²) in [6.07, 6.45) is 3.57. The first-order valence-electron chi connectivity index (χ1n) is 5.63. The van der Waals surface area contributed by atoms with E-state index in [1.807, 2.05) is 13.0 Å². The zero-order valence-corrected chi connectivity index (χ0v) is 11.7. The summed E-state index contributed by atoms with van der Waals surface area (Å²) in [5.41, 5.74) is 3.08. The van der Waals surface area contributed by atoms with Crippen molar-refractivity contribution in [1.29, 1.82) is 0 Å². The molecule has 18 heavy (non-hydrogen) atoms. The molecular weight excluding hydrogens is 264 g/mol. The van der Waals surface area contributed by atoms with Crippen LogP contribution in [0.25, 0.3) is 11.0 Å². The van der Waals surface area contributed by atoms with Crippen molar-refractivity contribution in [3.05, 3.63) is 39.3 Å². The Balaban J connectivity index is 2.19. The number of hydrogen-bond donors (Lipinski definition) is 1. The van der Waals surface area contributed by atoms with Gasteiger partial charge in [0.15, 0.2) is 4.77 Å². The highest BCUT2D eigenvalue weighted by molar-refractivity contribution is 7.71. The van der Waals surface area contributed by atoms with E-state index in [4.69, 9.17) is 12.2 Å². The van der Waals surface area contributed by atoms with Gasteiger partial charge < -0.3 is 9.55 Å². The third kappa shape index (κ3) is 1.77. The SMILES string of the molecule is Cc1csc(C(C)n2c(=S)[nH]c3cnccc32)n1. The van der Waals surface area contributed by atoms with Crippen LogP contribution in [-0.2, 0) is 0 Å². The Kier molecular flexibility index (Phi) is 2.76. The molecule has 6 heteroatoms. The predicted molar refractivity (Wildman–Crippen MR) is 75.6 cm³/mol. The highest BCUT2D eigenvalue weighted by Crippen LogP contribution is 2.26. The van der Waals surface area contributed by atoms with Crippen LogP contribution >= 0.6 is 23.6 Å². The predicted octanol–water partition coefficient (Wildman–Crippen LogP) is 3.47. The number of nitrogens with zero attached hydrogens (tertiary/aromatic N) is 3. The zero-order chi connectivity index (χ0) is 12.7. The summed E-state index contributed by atoms with van der Waals surface area (Å²) >= 11 is 7.06. The summed E-state index contributed by atoms with van der Waals surface area (Å²) < 4.78 is 2.79. The minimum absolute atomic E-state index is 0.132. The largest absolute Gasteiger partial charge is 0.329 e. The van der Waals surface area contributed by atoms with Gasteiger partial charge >= 0.3 is 0 Å². The Morgan fingerprint density at radius 2 is 2.33 bits per heavy atom. The number of fused-ring (bicyclic) bond motifs is 1. The molecule has 92 valence electrons. The molecule has 3 aromatic rings. The first-order valence-corrected chi connectivity index (χ1v) is 6.92. The molecule has 0 saturated carbocycles. The van der Waals surface area contributed by atoms with Crippen LogP contribution in [0.15, 0.2) is 23.8 Å². The van der Waals surface area contributed by atoms with E-state index in [2.05, 4.69) is 31.8 Å². The topological polar surface area (TPSA) is 46.5 Å². The van der Waals surface area contributed by atoms with Gasteiger partial charge in [0, 0.05) is 17.3 Å². The maximum atomic E-state index is 5.39. The number of pyridine rings is 1. The second kappa shape index (κ2) is 4.29. The van der Waals surface area contributed by atoms with Gasteiger partial charge in [0.2, 0.25) is 0 Å². The van der Waals surface area contributed by atoms with Gasteiger partial charge in [-0.3, -0.25) is 4.98 Å². The normalized spacial score (nSPS) is 13.0. The van der Waals surface area contributed by atoms with Gasteiger partial charge in [-0.2, -0.15) is 0 Å². The van der Waals surface area contributed by atoms with Gasteiger partial charge in [-0.1, -0.05) is 0 Å². The first-order chi connectivity index (χ1) is 8.66. The third-order valence-corrected chi connectivity index (χ3v) is 4.33. The second-order valence-corrected chi connectivity index (χ2v) is 5.47. The zero-order valence-electron chi connectivity index (χ0n) is 10.0. The average Bonchev–Trinajstić information content (AvgIpc) is 2.91. The monoisotopic (exact) mass is 276 g/mol. The molecule has 0 bridgehead atoms. The average molecular weight is 276 g/mol. The molecular formula is C12H12N4S2. The van der Waals surface area contributed by atoms with E-state index in [1.165, 1.54) is 0 Å². The van der Waals surface area contributed by atoms with Crippen molar-refractivity contribution >= 4 is 34.6 Å². The van der Waals surface area contributed by atoms with Gasteiger partial charge in [0.05, 0.1) is 23.3 Å². The molecule has 0 fully saturated rings. The maximum absolute atomic E-state index is 5.39. The van der Waals surface area contributed by atoms with Crippen molar-refractivity contribution in [3.8, 4) is 0 Å². The van der Waals surface area contributed by atoms with E-state index in [0.29, 0.717) is 4.77 Å². The Hall–Kier alpha value is -1.53. The summed E-state index contributed by atoms with van der Waals surface area (Å²) in [6.45, 7) is 4.12. The van der Waals surface area contributed by atoms with Crippen LogP contribution in [0.5, 0.6) is 0 Å². The molecule has 0 radical (unpaired) electrons. The van der Waals surface area contributed by atoms with Crippen molar-refractivity contribution in [2.75, 3.05) is 0 Å². The molecule has 3 heterocycles. The summed E-state index contributed by atoms with van der Waals surface area (Å²) in [5.74, 6) is 0. The summed E-state index contributed by atoms with van der Waals surface area (Å²) in [5, 5.41) is 3.13. The summed E-state index contributed by atoms with van der Waals surface area (Å²) in [6, 6.07) is 2.10. The molecule has 0 aliphatic heterocycles. The fraction of sp³-hybridized carbons (Fsp3) is 0.250. The highest BCUT2D eigenvalue weighted by atomic mass is 32.1. The summed E-state index contributed by atoms with van der Waals surface area (Å²) in [4.78, 5) is 11.8. The maximum Gasteiger partial charge on any atom is 0.178 e. The van der Waals surface area contributed by atoms with Gasteiger partial charge in [0.25, 0.3) is 0 Å². The number of imidazole rings is 1. The minimum atomic E-state index is 0.132. The molecule has 3 aromatic heterocycles. The van der Waals surface area contributed by atoms with Crippen molar-refractivity contribution < 1.29 is 0 Å². The first kappa shape index (κ1) is 11.6. The highest BCUT2D eigenvalue weighted by Gasteiger charge is 2.15. The van der Waals surface area contributed by atoms with Gasteiger partial charge in [0.1, 0.15) is 5.01 Å². The van der Waals surface area contributed by atoms with Gasteiger partial charge in [-0.25, -0.2) is 4.98 Å². The lowest BCUT2D eigenvalue weighted by molar-refractivity contribution is 0.643. The van der Waals surface area contributed by atoms with E-state index in [1.54, 1.807) is 23.7 Å². The molecule has 0 saturated heterocycles. The number of aromatic amines is 1. The van der Waals surface area contributed by atoms with E-state index < -0.39 is 0 Å². The van der Waals surface area contributed by atoms with Crippen molar-refractivity contribution in [1.82, 2.24) is 19.5 Å². The fourth-order valence-corrected chi connectivity index (χ4v) is 3.25. The van der Waals surface area contributed by atoms with Crippen molar-refractivity contribution in [2.45, 2.75) is 19.9 Å². The molecule has 1 N–H and O–H groups in total. The molecule has 0 amide bonds. The van der Waals surface area contributed by atoms with Crippen LogP contribution < -0.4 is 0 Å². The summed E-state index contributed by atoms with van der Waals surface area (Å²) in [7, 11) is 0. The molecule has 0 aliphatic rings. The van der Waals surface area contributed by atoms with Crippen LogP contribution in [0.4, 0.5) is 0 Å². The lowest BCUT2D eigenvalue weighted by atomic mass is 10.3. The molecule has 1 atom stereocenters. The van der Waals surface area contributed by atoms with E-state index in [0.717, 1.165) is 21.7 Å². The molecule has 4 nitrogen and oxygen atoms in total. The molecule has 0 aliphatic carbocycles. The Labute approximate surface area is 113 Å². The number of H-pyrrole nitrogens is 1. The lowest BCUT2D eigenvalue weighted by Crippen LogP contribution is -2.06. The van der Waals surface area contributed by atoms with E-state index in [-0.39, 0.29) is 6.04 Å². The van der Waals surface area contributed by atoms with Crippen molar-refractivity contribution in [3.63, 3.8) is 0 Å². The number of rotatable bonds is 2. The fourth-order valence-electron chi connectivity index (χ4n) is 2.04. The standard InChI is InChI=1S/C12H12N4S2/c1-7-6-18-11(14-7)8(2)16-10-3-4-13-5-9(10)15-12(16)17/h3-6,8H,1-2H3,(H,15,17). The Morgan fingerprint density at radius 1 is 1.50 bits per heavy atom. The Bertz CT molecular complexity index is 753. The van der Waals surface area contributed by atoms with Crippen LogP contribution in [0, 0.1) is 11.7 Å². The van der Waals surface area contributed by atoms with Gasteiger partial charge in [-0.05, 0) is 32.1 Å². The number of hydrogen-bond acceptors (Lipinski definition) is 4. The molecule has 0 spiro atoms. The van der Waals surface area contributed by atoms with Gasteiger partial charge in [-0.15, -0.1) is 11.3 Å². The lowest BCUT2D eigenvalue weighted by Gasteiger charge is -2.11. The number of aryl methyl sites for hydroxylation is 1. The number of aromatic nitrogens is 4. The quantitative estimate of drug-likeness (QED) is 0.729. The van der Waals surface area contributed by atoms with Crippen molar-refractivity contribution in [2.24, 2.45) is 0 Å². The van der Waals surface area contributed by atoms with Crippen LogP contribution in [0.2, 0.25) is 0 Å². The molecule has 0 aromatic carbocycles. The second-order valence-electron chi connectivity index (χ2n) is 4.20. The van der Waals surface area contributed by atoms with Crippen LogP contribution in [-0.4, -0.2) is 19.5 Å². The Morgan fingerprint density at radius 3 is 3.06 bits per heavy atom. The van der Waals surface area contributed by atoms with E-state index >= 15 is 0 Å². The minimum Gasteiger partial charge on any atom is -0.329 e. The number of nitrogens with one attached hydrogen (secondary N) is 1. The van der Waals surface area contributed by atoms with Crippen LogP contribution in [0.3, 0.4) is 0 Å². The van der Waals surface area contributed by atoms with Crippen LogP contribution in [0.1, 0.15) is 23.7 Å². The molecule has 3 rings (SSSR count). The molecule has 1 unspecified atom stereocenters. The third-order valence-electron chi connectivity index (χ3n) is 2.90. The smallest absolute Gasteiger partial charge is 0.178 e.